The first kappa shape index (κ1) is 20.5. The Morgan fingerprint density at radius 2 is 2.00 bits per heavy atom. The highest BCUT2D eigenvalue weighted by Crippen LogP contribution is 2.38. The van der Waals surface area contributed by atoms with Crippen molar-refractivity contribution in [3.05, 3.63) is 76.7 Å². The van der Waals surface area contributed by atoms with Crippen LogP contribution in [0.1, 0.15) is 48.2 Å². The molecule has 0 spiro atoms. The van der Waals surface area contributed by atoms with Crippen molar-refractivity contribution in [1.82, 2.24) is 9.55 Å². The minimum Gasteiger partial charge on any atom is -0.462 e. The zero-order chi connectivity index (χ0) is 20.1. The summed E-state index contributed by atoms with van der Waals surface area (Å²) in [5, 5.41) is 1.71. The number of halogens is 1. The average molecular weight is 415 g/mol. The van der Waals surface area contributed by atoms with Crippen molar-refractivity contribution in [3.8, 4) is 0 Å². The summed E-state index contributed by atoms with van der Waals surface area (Å²) in [7, 11) is 0. The number of hydrogen-bond acceptors (Lipinski definition) is 4. The first-order valence-electron chi connectivity index (χ1n) is 9.22. The van der Waals surface area contributed by atoms with Crippen LogP contribution < -0.4 is 0 Å². The van der Waals surface area contributed by atoms with E-state index in [0.717, 1.165) is 21.0 Å². The maximum atomic E-state index is 12.6. The van der Waals surface area contributed by atoms with E-state index in [2.05, 4.69) is 23.4 Å². The lowest BCUT2D eigenvalue weighted by molar-refractivity contribution is 0.0524. The lowest BCUT2D eigenvalue weighted by Crippen LogP contribution is -2.07. The lowest BCUT2D eigenvalue weighted by Gasteiger charge is -2.14. The molecule has 0 atom stereocenters. The van der Waals surface area contributed by atoms with Crippen molar-refractivity contribution in [2.24, 2.45) is 0 Å². The summed E-state index contributed by atoms with van der Waals surface area (Å²) >= 11 is 7.79. The summed E-state index contributed by atoms with van der Waals surface area (Å²) in [6.07, 6.45) is 5.46. The molecule has 0 N–H and O–H groups in total. The van der Waals surface area contributed by atoms with Gasteiger partial charge in [-0.2, -0.15) is 0 Å². The highest BCUT2D eigenvalue weighted by Gasteiger charge is 2.24. The smallest absolute Gasteiger partial charge is 0.340 e. The van der Waals surface area contributed by atoms with E-state index in [4.69, 9.17) is 16.3 Å². The number of esters is 1. The zero-order valence-electron chi connectivity index (χ0n) is 16.2. The molecule has 0 saturated heterocycles. The Morgan fingerprint density at radius 3 is 2.64 bits per heavy atom. The van der Waals surface area contributed by atoms with Crippen LogP contribution in [0.3, 0.4) is 0 Å². The van der Waals surface area contributed by atoms with Crippen LogP contribution in [-0.2, 0) is 11.3 Å². The SMILES string of the molecule is CCOC(=O)c1cn(Cc2ccncc2)c(Sc2cccc(Cl)c2)c1C(C)C. The maximum absolute atomic E-state index is 12.6. The van der Waals surface area contributed by atoms with E-state index < -0.39 is 0 Å². The van der Waals surface area contributed by atoms with Crippen molar-refractivity contribution in [3.63, 3.8) is 0 Å². The van der Waals surface area contributed by atoms with Gasteiger partial charge in [-0.15, -0.1) is 0 Å². The largest absolute Gasteiger partial charge is 0.462 e. The fraction of sp³-hybridized carbons (Fsp3) is 0.273. The van der Waals surface area contributed by atoms with Gasteiger partial charge >= 0.3 is 5.97 Å². The minimum absolute atomic E-state index is 0.166. The summed E-state index contributed by atoms with van der Waals surface area (Å²) < 4.78 is 7.43. The van der Waals surface area contributed by atoms with Gasteiger partial charge in [0.2, 0.25) is 0 Å². The second-order valence-corrected chi connectivity index (χ2v) is 8.18. The monoisotopic (exact) mass is 414 g/mol. The van der Waals surface area contributed by atoms with Gasteiger partial charge in [0.15, 0.2) is 0 Å². The van der Waals surface area contributed by atoms with Crippen molar-refractivity contribution in [2.45, 2.75) is 43.2 Å². The fourth-order valence-electron chi connectivity index (χ4n) is 3.04. The number of pyridine rings is 1. The van der Waals surface area contributed by atoms with Crippen LogP contribution >= 0.6 is 23.4 Å². The highest BCUT2D eigenvalue weighted by atomic mass is 35.5. The van der Waals surface area contributed by atoms with E-state index in [0.29, 0.717) is 23.7 Å². The molecule has 1 aromatic carbocycles. The summed E-state index contributed by atoms with van der Waals surface area (Å²) in [6, 6.07) is 11.7. The number of nitrogens with zero attached hydrogens (tertiary/aromatic N) is 2. The molecule has 0 radical (unpaired) electrons. The normalized spacial score (nSPS) is 11.0. The lowest BCUT2D eigenvalue weighted by atomic mass is 10.0. The third-order valence-corrected chi connectivity index (χ3v) is 5.62. The zero-order valence-corrected chi connectivity index (χ0v) is 17.8. The quantitative estimate of drug-likeness (QED) is 0.442. The molecule has 0 unspecified atom stereocenters. The molecule has 28 heavy (non-hydrogen) atoms. The molecule has 2 aromatic heterocycles. The number of hydrogen-bond donors (Lipinski definition) is 0. The van der Waals surface area contributed by atoms with Crippen molar-refractivity contribution >= 4 is 29.3 Å². The molecule has 0 bridgehead atoms. The van der Waals surface area contributed by atoms with E-state index >= 15 is 0 Å². The van der Waals surface area contributed by atoms with Gasteiger partial charge < -0.3 is 9.30 Å². The molecule has 0 aliphatic heterocycles. The average Bonchev–Trinajstić information content (AvgIpc) is 3.01. The first-order valence-corrected chi connectivity index (χ1v) is 10.4. The molecule has 3 rings (SSSR count). The predicted molar refractivity (Wildman–Crippen MR) is 113 cm³/mol. The van der Waals surface area contributed by atoms with Gasteiger partial charge in [0.1, 0.15) is 0 Å². The number of carbonyl (C=O) groups excluding carboxylic acids is 1. The van der Waals surface area contributed by atoms with Crippen LogP contribution in [-0.4, -0.2) is 22.1 Å². The van der Waals surface area contributed by atoms with E-state index in [9.17, 15) is 4.79 Å². The van der Waals surface area contributed by atoms with E-state index in [-0.39, 0.29) is 11.9 Å². The number of carbonyl (C=O) groups is 1. The van der Waals surface area contributed by atoms with Gasteiger partial charge in [0, 0.05) is 40.6 Å². The molecule has 2 heterocycles. The molecular weight excluding hydrogens is 392 g/mol. The third-order valence-electron chi connectivity index (χ3n) is 4.25. The summed E-state index contributed by atoms with van der Waals surface area (Å²) in [5.74, 6) is -0.118. The van der Waals surface area contributed by atoms with E-state index in [1.165, 1.54) is 0 Å². The molecular formula is C22H23ClN2O2S. The van der Waals surface area contributed by atoms with Crippen LogP contribution in [0.25, 0.3) is 0 Å². The molecule has 0 saturated carbocycles. The van der Waals surface area contributed by atoms with Gasteiger partial charge in [-0.05, 0) is 48.7 Å². The number of aromatic nitrogens is 2. The van der Waals surface area contributed by atoms with Crippen molar-refractivity contribution in [1.29, 1.82) is 0 Å². The molecule has 146 valence electrons. The van der Waals surface area contributed by atoms with Gasteiger partial charge in [0.05, 0.1) is 17.2 Å². The summed E-state index contributed by atoms with van der Waals surface area (Å²) in [4.78, 5) is 17.7. The Balaban J connectivity index is 2.10. The Morgan fingerprint density at radius 1 is 1.25 bits per heavy atom. The number of rotatable bonds is 7. The topological polar surface area (TPSA) is 44.1 Å². The molecule has 0 aliphatic rings. The van der Waals surface area contributed by atoms with E-state index in [1.807, 2.05) is 49.5 Å². The Bertz CT molecular complexity index is 954. The Labute approximate surface area is 174 Å². The van der Waals surface area contributed by atoms with E-state index in [1.54, 1.807) is 24.2 Å². The fourth-order valence-corrected chi connectivity index (χ4v) is 4.54. The van der Waals surface area contributed by atoms with Gasteiger partial charge in [0.25, 0.3) is 0 Å². The van der Waals surface area contributed by atoms with Crippen LogP contribution in [0.4, 0.5) is 0 Å². The number of benzene rings is 1. The molecule has 6 heteroatoms. The summed E-state index contributed by atoms with van der Waals surface area (Å²) in [5.41, 5.74) is 2.73. The second kappa shape index (κ2) is 9.30. The van der Waals surface area contributed by atoms with Crippen LogP contribution in [0.15, 0.2) is 64.9 Å². The first-order chi connectivity index (χ1) is 13.5. The van der Waals surface area contributed by atoms with Gasteiger partial charge in [-0.1, -0.05) is 43.3 Å². The van der Waals surface area contributed by atoms with Crippen LogP contribution in [0.2, 0.25) is 5.02 Å². The third kappa shape index (κ3) is 4.78. The second-order valence-electron chi connectivity index (χ2n) is 6.68. The van der Waals surface area contributed by atoms with Crippen molar-refractivity contribution < 1.29 is 9.53 Å². The highest BCUT2D eigenvalue weighted by molar-refractivity contribution is 7.99. The van der Waals surface area contributed by atoms with Gasteiger partial charge in [-0.3, -0.25) is 4.98 Å². The maximum Gasteiger partial charge on any atom is 0.340 e. The predicted octanol–water partition coefficient (Wildman–Crippen LogP) is 6.04. The molecule has 0 fully saturated rings. The van der Waals surface area contributed by atoms with Crippen molar-refractivity contribution in [2.75, 3.05) is 6.61 Å². The number of ether oxygens (including phenoxy) is 1. The van der Waals surface area contributed by atoms with Crippen LogP contribution in [0.5, 0.6) is 0 Å². The van der Waals surface area contributed by atoms with Crippen LogP contribution in [0, 0.1) is 0 Å². The van der Waals surface area contributed by atoms with Gasteiger partial charge in [-0.25, -0.2) is 4.79 Å². The summed E-state index contributed by atoms with van der Waals surface area (Å²) in [6.45, 7) is 7.00. The Hall–Kier alpha value is -2.24. The molecule has 4 nitrogen and oxygen atoms in total. The Kier molecular flexibility index (Phi) is 6.81. The molecule has 0 aliphatic carbocycles. The standard InChI is InChI=1S/C22H23ClN2O2S/c1-4-27-22(26)19-14-25(13-16-8-10-24-11-9-16)21(20(19)15(2)3)28-18-7-5-6-17(23)12-18/h5-12,14-15H,4,13H2,1-3H3. The molecule has 3 aromatic rings. The minimum atomic E-state index is -0.285. The molecule has 0 amide bonds.